The lowest BCUT2D eigenvalue weighted by atomic mass is 10.3. The molecule has 0 spiro atoms. The van der Waals surface area contributed by atoms with E-state index in [-0.39, 0.29) is 5.91 Å². The van der Waals surface area contributed by atoms with E-state index in [1.54, 1.807) is 23.5 Å². The summed E-state index contributed by atoms with van der Waals surface area (Å²) in [6.45, 7) is 0. The molecule has 0 fully saturated rings. The van der Waals surface area contributed by atoms with E-state index in [1.807, 2.05) is 41.1 Å². The van der Waals surface area contributed by atoms with Crippen LogP contribution in [-0.4, -0.2) is 5.91 Å². The first-order chi connectivity index (χ1) is 8.24. The topological polar surface area (TPSA) is 29.1 Å². The van der Waals surface area contributed by atoms with Gasteiger partial charge in [-0.05, 0) is 75.3 Å². The third-order valence-electron chi connectivity index (χ3n) is 2.08. The summed E-state index contributed by atoms with van der Waals surface area (Å²) in [5, 5.41) is 6.78. The van der Waals surface area contributed by atoms with Gasteiger partial charge in [-0.1, -0.05) is 0 Å². The number of nitrogens with one attached hydrogen (secondary N) is 1. The number of carbonyl (C=O) groups excluding carboxylic acids is 1. The molecule has 2 nitrogen and oxygen atoms in total. The van der Waals surface area contributed by atoms with Crippen LogP contribution in [0.2, 0.25) is 0 Å². The van der Waals surface area contributed by atoms with Crippen molar-refractivity contribution in [1.82, 2.24) is 0 Å². The molecule has 1 amide bonds. The van der Waals surface area contributed by atoms with Crippen molar-refractivity contribution in [2.75, 3.05) is 5.32 Å². The molecule has 0 radical (unpaired) electrons. The lowest BCUT2D eigenvalue weighted by Gasteiger charge is -2.01. The monoisotopic (exact) mass is 355 g/mol. The van der Waals surface area contributed by atoms with Crippen LogP contribution in [0.3, 0.4) is 0 Å². The highest BCUT2D eigenvalue weighted by Gasteiger charge is 1.97. The van der Waals surface area contributed by atoms with Gasteiger partial charge in [-0.25, -0.2) is 0 Å². The maximum atomic E-state index is 11.6. The van der Waals surface area contributed by atoms with Gasteiger partial charge in [0.05, 0.1) is 0 Å². The number of rotatable bonds is 3. The summed E-state index contributed by atoms with van der Waals surface area (Å²) in [6.07, 6.45) is 3.35. The molecule has 2 aromatic rings. The Morgan fingerprint density at radius 1 is 1.24 bits per heavy atom. The highest BCUT2D eigenvalue weighted by atomic mass is 127. The van der Waals surface area contributed by atoms with Gasteiger partial charge in [-0.3, -0.25) is 4.79 Å². The van der Waals surface area contributed by atoms with E-state index >= 15 is 0 Å². The minimum absolute atomic E-state index is 0.114. The van der Waals surface area contributed by atoms with Gasteiger partial charge in [0.15, 0.2) is 0 Å². The summed E-state index contributed by atoms with van der Waals surface area (Å²) in [6, 6.07) is 9.66. The average Bonchev–Trinajstić information content (AvgIpc) is 2.83. The zero-order chi connectivity index (χ0) is 12.1. The predicted molar refractivity (Wildman–Crippen MR) is 81.1 cm³/mol. The van der Waals surface area contributed by atoms with Crippen molar-refractivity contribution in [2.45, 2.75) is 0 Å². The minimum Gasteiger partial charge on any atom is -0.323 e. The van der Waals surface area contributed by atoms with Crippen molar-refractivity contribution in [3.63, 3.8) is 0 Å². The molecule has 1 aromatic heterocycles. The highest BCUT2D eigenvalue weighted by molar-refractivity contribution is 14.1. The zero-order valence-electron chi connectivity index (χ0n) is 8.89. The molecule has 17 heavy (non-hydrogen) atoms. The number of anilines is 1. The van der Waals surface area contributed by atoms with E-state index in [2.05, 4.69) is 27.9 Å². The molecule has 0 saturated heterocycles. The van der Waals surface area contributed by atoms with Gasteiger partial charge in [0.1, 0.15) is 0 Å². The van der Waals surface area contributed by atoms with Crippen molar-refractivity contribution in [1.29, 1.82) is 0 Å². The molecule has 2 rings (SSSR count). The number of carbonyl (C=O) groups is 1. The summed E-state index contributed by atoms with van der Waals surface area (Å²) in [7, 11) is 0. The Morgan fingerprint density at radius 2 is 2.00 bits per heavy atom. The first-order valence-corrected chi connectivity index (χ1v) is 7.03. The number of amides is 1. The second-order valence-corrected chi connectivity index (χ2v) is 5.41. The van der Waals surface area contributed by atoms with Crippen molar-refractivity contribution in [3.8, 4) is 0 Å². The van der Waals surface area contributed by atoms with Gasteiger partial charge in [-0.2, -0.15) is 11.3 Å². The van der Waals surface area contributed by atoms with Gasteiger partial charge in [0, 0.05) is 15.3 Å². The zero-order valence-corrected chi connectivity index (χ0v) is 11.9. The number of thiophene rings is 1. The van der Waals surface area contributed by atoms with E-state index < -0.39 is 0 Å². The van der Waals surface area contributed by atoms with Crippen molar-refractivity contribution < 1.29 is 4.79 Å². The van der Waals surface area contributed by atoms with E-state index in [1.165, 1.54) is 0 Å². The Labute approximate surface area is 118 Å². The highest BCUT2D eigenvalue weighted by Crippen LogP contribution is 2.11. The van der Waals surface area contributed by atoms with Crippen LogP contribution < -0.4 is 5.32 Å². The van der Waals surface area contributed by atoms with Gasteiger partial charge in [0.25, 0.3) is 0 Å². The predicted octanol–water partition coefficient (Wildman–Crippen LogP) is 4.00. The average molecular weight is 355 g/mol. The number of benzene rings is 1. The Hall–Kier alpha value is -1.14. The summed E-state index contributed by atoms with van der Waals surface area (Å²) in [5.74, 6) is -0.114. The van der Waals surface area contributed by atoms with Gasteiger partial charge in [-0.15, -0.1) is 0 Å². The molecule has 0 bridgehead atoms. The molecule has 0 aliphatic carbocycles. The summed E-state index contributed by atoms with van der Waals surface area (Å²) in [4.78, 5) is 11.6. The molecule has 0 atom stereocenters. The van der Waals surface area contributed by atoms with Crippen LogP contribution >= 0.6 is 33.9 Å². The molecule has 1 aromatic carbocycles. The molecule has 4 heteroatoms. The smallest absolute Gasteiger partial charge is 0.248 e. The van der Waals surface area contributed by atoms with E-state index in [0.29, 0.717) is 0 Å². The number of hydrogen-bond acceptors (Lipinski definition) is 2. The van der Waals surface area contributed by atoms with E-state index in [0.717, 1.165) is 14.8 Å². The van der Waals surface area contributed by atoms with Crippen LogP contribution in [0.4, 0.5) is 5.69 Å². The third kappa shape index (κ3) is 3.98. The Bertz CT molecular complexity index is 517. The molecule has 0 saturated carbocycles. The van der Waals surface area contributed by atoms with Crippen molar-refractivity contribution in [2.24, 2.45) is 0 Å². The summed E-state index contributed by atoms with van der Waals surface area (Å²) in [5.41, 5.74) is 1.86. The number of hydrogen-bond donors (Lipinski definition) is 1. The summed E-state index contributed by atoms with van der Waals surface area (Å²) < 4.78 is 1.15. The maximum absolute atomic E-state index is 11.6. The maximum Gasteiger partial charge on any atom is 0.248 e. The molecule has 0 unspecified atom stereocenters. The fourth-order valence-corrected chi connectivity index (χ4v) is 2.25. The van der Waals surface area contributed by atoms with Crippen molar-refractivity contribution >= 4 is 51.6 Å². The van der Waals surface area contributed by atoms with Gasteiger partial charge >= 0.3 is 0 Å². The minimum atomic E-state index is -0.114. The molecule has 1 heterocycles. The van der Waals surface area contributed by atoms with E-state index in [4.69, 9.17) is 0 Å². The van der Waals surface area contributed by atoms with Crippen molar-refractivity contribution in [3.05, 3.63) is 56.3 Å². The largest absolute Gasteiger partial charge is 0.323 e. The normalized spacial score (nSPS) is 10.6. The first-order valence-electron chi connectivity index (χ1n) is 5.01. The summed E-state index contributed by atoms with van der Waals surface area (Å²) >= 11 is 3.84. The molecule has 86 valence electrons. The molecular formula is C13H10INOS. The number of halogens is 1. The second kappa shape index (κ2) is 5.97. The van der Waals surface area contributed by atoms with Crippen LogP contribution in [0, 0.1) is 3.57 Å². The first kappa shape index (κ1) is 12.3. The van der Waals surface area contributed by atoms with Gasteiger partial charge in [0.2, 0.25) is 5.91 Å². The SMILES string of the molecule is O=C(/C=C/c1ccsc1)Nc1ccc(I)cc1. The van der Waals surface area contributed by atoms with Crippen LogP contribution in [0.25, 0.3) is 6.08 Å². The fraction of sp³-hybridized carbons (Fsp3) is 0. The second-order valence-electron chi connectivity index (χ2n) is 3.39. The Kier molecular flexibility index (Phi) is 4.33. The van der Waals surface area contributed by atoms with Crippen LogP contribution in [-0.2, 0) is 4.79 Å². The fourth-order valence-electron chi connectivity index (χ4n) is 1.26. The lowest BCUT2D eigenvalue weighted by Crippen LogP contribution is -2.07. The Balaban J connectivity index is 1.95. The van der Waals surface area contributed by atoms with Crippen LogP contribution in [0.1, 0.15) is 5.56 Å². The molecule has 0 aliphatic heterocycles. The van der Waals surface area contributed by atoms with Crippen LogP contribution in [0.5, 0.6) is 0 Å². The molecular weight excluding hydrogens is 345 g/mol. The van der Waals surface area contributed by atoms with Gasteiger partial charge < -0.3 is 5.32 Å². The Morgan fingerprint density at radius 3 is 2.65 bits per heavy atom. The van der Waals surface area contributed by atoms with Crippen LogP contribution in [0.15, 0.2) is 47.2 Å². The van der Waals surface area contributed by atoms with E-state index in [9.17, 15) is 4.79 Å². The standard InChI is InChI=1S/C13H10INOS/c14-11-2-4-12(5-3-11)15-13(16)6-1-10-7-8-17-9-10/h1-9H,(H,15,16)/b6-1+. The quantitative estimate of drug-likeness (QED) is 0.654. The lowest BCUT2D eigenvalue weighted by molar-refractivity contribution is -0.111. The molecule has 1 N–H and O–H groups in total. The molecule has 0 aliphatic rings. The third-order valence-corrected chi connectivity index (χ3v) is 3.50.